The van der Waals surface area contributed by atoms with E-state index in [-0.39, 0.29) is 18.5 Å². The van der Waals surface area contributed by atoms with Gasteiger partial charge in [0.25, 0.3) is 0 Å². The standard InChI is InChI=1S/C63H123NO5/c1-3-5-7-9-11-13-36-41-45-49-53-57-63(68)69-58-54-50-46-42-38-35-33-31-29-27-25-23-21-19-17-15-14-16-18-20-22-24-26-28-30-32-34-37-40-44-48-52-56-62(67)64-60(59-65)61(66)55-51-47-43-39-12-10-8-6-4-2/h17,19,60-61,65-66H,3-16,18,20-59H2,1-2H3,(H,64,67)/b19-17-. The van der Waals surface area contributed by atoms with Crippen LogP contribution < -0.4 is 5.32 Å². The molecule has 69 heavy (non-hydrogen) atoms. The largest absolute Gasteiger partial charge is 0.466 e. The van der Waals surface area contributed by atoms with Gasteiger partial charge in [0.05, 0.1) is 25.4 Å². The summed E-state index contributed by atoms with van der Waals surface area (Å²) >= 11 is 0. The molecule has 6 heteroatoms. The number of nitrogens with one attached hydrogen (secondary N) is 1. The van der Waals surface area contributed by atoms with E-state index >= 15 is 0 Å². The number of carbonyl (C=O) groups is 2. The Labute approximate surface area is 431 Å². The molecule has 0 spiro atoms. The molecule has 2 unspecified atom stereocenters. The molecule has 410 valence electrons. The van der Waals surface area contributed by atoms with Crippen molar-refractivity contribution in [1.82, 2.24) is 5.32 Å². The zero-order chi connectivity index (χ0) is 50.0. The SMILES string of the molecule is CCCCCCCCCCCCCC(=O)OCCCCCCCCCCCCCC/C=C\CCCCCCCCCCCCCCCCCCC(=O)NC(CO)C(O)CCCCCCCCCCC. The van der Waals surface area contributed by atoms with Crippen LogP contribution in [-0.2, 0) is 14.3 Å². The third kappa shape index (κ3) is 55.8. The highest BCUT2D eigenvalue weighted by Crippen LogP contribution is 2.18. The van der Waals surface area contributed by atoms with Crippen LogP contribution in [0.15, 0.2) is 12.2 Å². The minimum absolute atomic E-state index is 0.0182. The summed E-state index contributed by atoms with van der Waals surface area (Å²) in [7, 11) is 0. The van der Waals surface area contributed by atoms with Crippen molar-refractivity contribution >= 4 is 11.9 Å². The number of aliphatic hydroxyl groups is 2. The predicted octanol–water partition coefficient (Wildman–Crippen LogP) is 19.6. The first kappa shape index (κ1) is 67.6. The Kier molecular flexibility index (Phi) is 58.0. The highest BCUT2D eigenvalue weighted by molar-refractivity contribution is 5.76. The lowest BCUT2D eigenvalue weighted by atomic mass is 10.0. The molecule has 0 aromatic rings. The summed E-state index contributed by atoms with van der Waals surface area (Å²) in [4.78, 5) is 24.4. The van der Waals surface area contributed by atoms with E-state index in [1.54, 1.807) is 0 Å². The summed E-state index contributed by atoms with van der Waals surface area (Å²) in [5, 5.41) is 23.1. The zero-order valence-corrected chi connectivity index (χ0v) is 46.8. The minimum atomic E-state index is -0.659. The summed E-state index contributed by atoms with van der Waals surface area (Å²) in [5.41, 5.74) is 0. The van der Waals surface area contributed by atoms with Crippen molar-refractivity contribution in [2.45, 2.75) is 366 Å². The van der Waals surface area contributed by atoms with E-state index in [0.717, 1.165) is 38.5 Å². The fourth-order valence-corrected chi connectivity index (χ4v) is 9.99. The van der Waals surface area contributed by atoms with Crippen LogP contribution in [0.2, 0.25) is 0 Å². The number of unbranched alkanes of at least 4 members (excludes halogenated alkanes) is 46. The van der Waals surface area contributed by atoms with Crippen molar-refractivity contribution in [3.05, 3.63) is 12.2 Å². The molecule has 0 heterocycles. The molecule has 6 nitrogen and oxygen atoms in total. The third-order valence-electron chi connectivity index (χ3n) is 14.8. The number of hydrogen-bond acceptors (Lipinski definition) is 5. The molecule has 3 N–H and O–H groups in total. The van der Waals surface area contributed by atoms with E-state index in [2.05, 4.69) is 31.3 Å². The minimum Gasteiger partial charge on any atom is -0.466 e. The fourth-order valence-electron chi connectivity index (χ4n) is 9.99. The summed E-state index contributed by atoms with van der Waals surface area (Å²) in [5.74, 6) is -0.0150. The van der Waals surface area contributed by atoms with Gasteiger partial charge in [-0.25, -0.2) is 0 Å². The first-order valence-electron chi connectivity index (χ1n) is 31.4. The van der Waals surface area contributed by atoms with Crippen LogP contribution in [0.4, 0.5) is 0 Å². The van der Waals surface area contributed by atoms with E-state index in [4.69, 9.17) is 4.74 Å². The van der Waals surface area contributed by atoms with Crippen molar-refractivity contribution in [1.29, 1.82) is 0 Å². The second-order valence-corrected chi connectivity index (χ2v) is 21.7. The molecule has 0 aliphatic rings. The Morgan fingerprint density at radius 3 is 1.03 bits per heavy atom. The topological polar surface area (TPSA) is 95.9 Å². The molecule has 0 aromatic carbocycles. The maximum absolute atomic E-state index is 12.4. The summed E-state index contributed by atoms with van der Waals surface area (Å²) in [6.07, 6.45) is 71.1. The second-order valence-electron chi connectivity index (χ2n) is 21.7. The van der Waals surface area contributed by atoms with Gasteiger partial charge >= 0.3 is 5.97 Å². The fraction of sp³-hybridized carbons (Fsp3) is 0.937. The molecule has 2 atom stereocenters. The van der Waals surface area contributed by atoms with E-state index in [1.165, 1.54) is 283 Å². The molecular weight excluding hydrogens is 851 g/mol. The highest BCUT2D eigenvalue weighted by Gasteiger charge is 2.20. The van der Waals surface area contributed by atoms with Crippen molar-refractivity contribution in [2.24, 2.45) is 0 Å². The molecule has 0 rings (SSSR count). The van der Waals surface area contributed by atoms with E-state index in [1.807, 2.05) is 0 Å². The molecule has 0 fully saturated rings. The molecule has 0 aliphatic heterocycles. The number of rotatable bonds is 59. The summed E-state index contributed by atoms with van der Waals surface area (Å²) < 4.78 is 5.47. The molecule has 0 aromatic heterocycles. The third-order valence-corrected chi connectivity index (χ3v) is 14.8. The van der Waals surface area contributed by atoms with Gasteiger partial charge in [-0.15, -0.1) is 0 Å². The number of aliphatic hydroxyl groups excluding tert-OH is 2. The lowest BCUT2D eigenvalue weighted by molar-refractivity contribution is -0.143. The van der Waals surface area contributed by atoms with Crippen LogP contribution in [0.1, 0.15) is 354 Å². The summed E-state index contributed by atoms with van der Waals surface area (Å²) in [6.45, 7) is 4.95. The van der Waals surface area contributed by atoms with Gasteiger partial charge in [-0.3, -0.25) is 9.59 Å². The maximum atomic E-state index is 12.4. The molecule has 1 amide bonds. The van der Waals surface area contributed by atoms with Gasteiger partial charge in [0.1, 0.15) is 0 Å². The zero-order valence-electron chi connectivity index (χ0n) is 46.8. The van der Waals surface area contributed by atoms with Gasteiger partial charge in [-0.05, 0) is 51.4 Å². The van der Waals surface area contributed by atoms with E-state index in [0.29, 0.717) is 25.9 Å². The number of esters is 1. The Balaban J connectivity index is 3.31. The van der Waals surface area contributed by atoms with Crippen LogP contribution in [0.3, 0.4) is 0 Å². The Bertz CT molecular complexity index is 1030. The molecular formula is C63H123NO5. The normalized spacial score (nSPS) is 12.6. The van der Waals surface area contributed by atoms with Crippen molar-refractivity contribution in [2.75, 3.05) is 13.2 Å². The van der Waals surface area contributed by atoms with Crippen molar-refractivity contribution < 1.29 is 24.5 Å². The van der Waals surface area contributed by atoms with E-state index < -0.39 is 12.1 Å². The number of ether oxygens (including phenoxy) is 1. The molecule has 0 saturated carbocycles. The van der Waals surface area contributed by atoms with Gasteiger partial charge in [0.15, 0.2) is 0 Å². The summed E-state index contributed by atoms with van der Waals surface area (Å²) in [6, 6.07) is -0.536. The monoisotopic (exact) mass is 974 g/mol. The number of hydrogen-bond donors (Lipinski definition) is 3. The van der Waals surface area contributed by atoms with Gasteiger partial charge in [0.2, 0.25) is 5.91 Å². The van der Waals surface area contributed by atoms with Gasteiger partial charge in [-0.2, -0.15) is 0 Å². The van der Waals surface area contributed by atoms with Crippen LogP contribution in [-0.4, -0.2) is 47.4 Å². The second kappa shape index (κ2) is 59.2. The lowest BCUT2D eigenvalue weighted by Gasteiger charge is -2.22. The van der Waals surface area contributed by atoms with Gasteiger partial charge in [-0.1, -0.05) is 302 Å². The molecule has 0 bridgehead atoms. The molecule has 0 radical (unpaired) electrons. The average molecular weight is 975 g/mol. The number of allylic oxidation sites excluding steroid dienone is 2. The van der Waals surface area contributed by atoms with Gasteiger partial charge < -0.3 is 20.3 Å². The van der Waals surface area contributed by atoms with Gasteiger partial charge in [0, 0.05) is 12.8 Å². The molecule has 0 aliphatic carbocycles. The van der Waals surface area contributed by atoms with E-state index in [9.17, 15) is 19.8 Å². The van der Waals surface area contributed by atoms with Crippen LogP contribution in [0.5, 0.6) is 0 Å². The first-order chi connectivity index (χ1) is 34.0. The molecule has 0 saturated heterocycles. The average Bonchev–Trinajstić information content (AvgIpc) is 3.35. The maximum Gasteiger partial charge on any atom is 0.305 e. The quantitative estimate of drug-likeness (QED) is 0.0321. The highest BCUT2D eigenvalue weighted by atomic mass is 16.5. The Hall–Kier alpha value is -1.40. The predicted molar refractivity (Wildman–Crippen MR) is 301 cm³/mol. The Morgan fingerprint density at radius 2 is 0.681 bits per heavy atom. The van der Waals surface area contributed by atoms with Crippen LogP contribution in [0, 0.1) is 0 Å². The van der Waals surface area contributed by atoms with Crippen LogP contribution in [0.25, 0.3) is 0 Å². The number of carbonyl (C=O) groups excluding carboxylic acids is 2. The lowest BCUT2D eigenvalue weighted by Crippen LogP contribution is -2.45. The first-order valence-corrected chi connectivity index (χ1v) is 31.4. The van der Waals surface area contributed by atoms with Crippen molar-refractivity contribution in [3.63, 3.8) is 0 Å². The van der Waals surface area contributed by atoms with Crippen LogP contribution >= 0.6 is 0 Å². The Morgan fingerprint density at radius 1 is 0.391 bits per heavy atom. The smallest absolute Gasteiger partial charge is 0.305 e. The van der Waals surface area contributed by atoms with Crippen molar-refractivity contribution in [3.8, 4) is 0 Å². The number of amides is 1.